The maximum absolute atomic E-state index is 12.3. The Labute approximate surface area is 183 Å². The maximum Gasteiger partial charge on any atom is 0.343 e. The zero-order valence-electron chi connectivity index (χ0n) is 16.5. The van der Waals surface area contributed by atoms with Gasteiger partial charge in [0.2, 0.25) is 0 Å². The lowest BCUT2D eigenvalue weighted by molar-refractivity contribution is -0.137. The molecule has 0 bridgehead atoms. The average molecular weight is 476 g/mol. The summed E-state index contributed by atoms with van der Waals surface area (Å²) in [6.45, 7) is 3.74. The van der Waals surface area contributed by atoms with Crippen LogP contribution in [0, 0.1) is 0 Å². The molecule has 0 atom stereocenters. The highest BCUT2D eigenvalue weighted by Crippen LogP contribution is 2.27. The summed E-state index contributed by atoms with van der Waals surface area (Å²) in [4.78, 5) is 35.3. The summed E-state index contributed by atoms with van der Waals surface area (Å²) in [6.07, 6.45) is 2.22. The molecule has 30 heavy (non-hydrogen) atoms. The molecule has 0 radical (unpaired) electrons. The topological polar surface area (TPSA) is 90.9 Å². The van der Waals surface area contributed by atoms with E-state index in [0.29, 0.717) is 34.2 Å². The van der Waals surface area contributed by atoms with E-state index in [2.05, 4.69) is 27.8 Å². The number of hydrogen-bond acceptors (Lipinski definition) is 7. The van der Waals surface area contributed by atoms with E-state index in [9.17, 15) is 14.4 Å². The molecular formula is C22H22BrNO6. The van der Waals surface area contributed by atoms with Crippen molar-refractivity contribution in [3.63, 3.8) is 0 Å². The Hall–Kier alpha value is -3.13. The molecule has 0 spiro atoms. The molecule has 0 saturated heterocycles. The predicted octanol–water partition coefficient (Wildman–Crippen LogP) is 4.38. The normalized spacial score (nSPS) is 10.1. The number of esters is 3. The molecule has 0 aliphatic carbocycles. The molecule has 0 amide bonds. The molecule has 2 aromatic carbocycles. The minimum atomic E-state index is -0.508. The molecule has 0 aliphatic heterocycles. The lowest BCUT2D eigenvalue weighted by Gasteiger charge is -2.09. The van der Waals surface area contributed by atoms with Crippen LogP contribution in [0.5, 0.6) is 5.75 Å². The lowest BCUT2D eigenvalue weighted by Crippen LogP contribution is -2.10. The molecule has 158 valence electrons. The highest BCUT2D eigenvalue weighted by molar-refractivity contribution is 9.10. The van der Waals surface area contributed by atoms with E-state index in [-0.39, 0.29) is 13.2 Å². The largest absolute Gasteiger partial charge is 0.463 e. The highest BCUT2D eigenvalue weighted by atomic mass is 79.9. The number of rotatable bonds is 10. The molecule has 1 N–H and O–H groups in total. The van der Waals surface area contributed by atoms with Crippen LogP contribution >= 0.6 is 15.9 Å². The molecular weight excluding hydrogens is 454 g/mol. The number of benzene rings is 2. The van der Waals surface area contributed by atoms with Gasteiger partial charge in [-0.25, -0.2) is 14.4 Å². The summed E-state index contributed by atoms with van der Waals surface area (Å²) in [5.74, 6) is -1.20. The Bertz CT molecular complexity index is 910. The standard InChI is InChI=1S/C22H22BrNO6/c1-3-20(25)28-12-4-5-13-29-21(26)16-8-11-19(18(23)14-16)30-22(27)15-6-9-17(24-2)10-7-15/h3,6-11,14,24H,1,4-5,12-13H2,2H3. The third-order valence-electron chi connectivity index (χ3n) is 3.96. The zero-order chi connectivity index (χ0) is 21.9. The molecule has 0 unspecified atom stereocenters. The van der Waals surface area contributed by atoms with Crippen molar-refractivity contribution in [3.05, 3.63) is 70.7 Å². The second-order valence-corrected chi connectivity index (χ2v) is 6.93. The van der Waals surface area contributed by atoms with E-state index in [1.807, 2.05) is 0 Å². The van der Waals surface area contributed by atoms with Crippen molar-refractivity contribution in [3.8, 4) is 5.75 Å². The van der Waals surface area contributed by atoms with Crippen molar-refractivity contribution in [2.75, 3.05) is 25.6 Å². The Morgan fingerprint density at radius 1 is 0.967 bits per heavy atom. The van der Waals surface area contributed by atoms with Crippen LogP contribution in [0.2, 0.25) is 0 Å². The summed E-state index contributed by atoms with van der Waals surface area (Å²) in [5.41, 5.74) is 1.61. The van der Waals surface area contributed by atoms with Gasteiger partial charge in [-0.3, -0.25) is 0 Å². The molecule has 0 heterocycles. The fraction of sp³-hybridized carbons (Fsp3) is 0.227. The second-order valence-electron chi connectivity index (χ2n) is 6.08. The maximum atomic E-state index is 12.3. The average Bonchev–Trinajstić information content (AvgIpc) is 2.77. The fourth-order valence-electron chi connectivity index (χ4n) is 2.33. The van der Waals surface area contributed by atoms with Gasteiger partial charge in [0.1, 0.15) is 5.75 Å². The Balaban J connectivity index is 1.84. The van der Waals surface area contributed by atoms with Crippen LogP contribution in [0.15, 0.2) is 59.6 Å². The number of nitrogens with one attached hydrogen (secondary N) is 1. The summed E-state index contributed by atoms with van der Waals surface area (Å²) < 4.78 is 15.9. The third kappa shape index (κ3) is 7.04. The van der Waals surface area contributed by atoms with Crippen molar-refractivity contribution in [2.45, 2.75) is 12.8 Å². The quantitative estimate of drug-likeness (QED) is 0.236. The van der Waals surface area contributed by atoms with Crippen LogP contribution in [0.3, 0.4) is 0 Å². The SMILES string of the molecule is C=CC(=O)OCCCCOC(=O)c1ccc(OC(=O)c2ccc(NC)cc2)c(Br)c1. The number of ether oxygens (including phenoxy) is 3. The van der Waals surface area contributed by atoms with Crippen LogP contribution in [0.4, 0.5) is 5.69 Å². The summed E-state index contributed by atoms with van der Waals surface area (Å²) in [7, 11) is 1.79. The van der Waals surface area contributed by atoms with Gasteiger partial charge in [0.05, 0.1) is 28.8 Å². The van der Waals surface area contributed by atoms with E-state index in [1.54, 1.807) is 31.3 Å². The van der Waals surface area contributed by atoms with Crippen molar-refractivity contribution in [1.29, 1.82) is 0 Å². The lowest BCUT2D eigenvalue weighted by atomic mass is 10.2. The second kappa shape index (κ2) is 11.8. The number of halogens is 1. The first-order chi connectivity index (χ1) is 14.4. The Morgan fingerprint density at radius 3 is 2.20 bits per heavy atom. The molecule has 2 rings (SSSR count). The molecule has 0 aliphatic rings. The van der Waals surface area contributed by atoms with Crippen molar-refractivity contribution in [2.24, 2.45) is 0 Å². The summed E-state index contributed by atoms with van der Waals surface area (Å²) in [6, 6.07) is 11.4. The molecule has 0 aromatic heterocycles. The molecule has 7 nitrogen and oxygen atoms in total. The van der Waals surface area contributed by atoms with E-state index in [1.165, 1.54) is 18.2 Å². The van der Waals surface area contributed by atoms with Crippen LogP contribution < -0.4 is 10.1 Å². The van der Waals surface area contributed by atoms with Gasteiger partial charge in [0.25, 0.3) is 0 Å². The molecule has 0 saturated carbocycles. The first-order valence-electron chi connectivity index (χ1n) is 9.20. The van der Waals surface area contributed by atoms with Gasteiger partial charge >= 0.3 is 17.9 Å². The van der Waals surface area contributed by atoms with Gasteiger partial charge in [0.15, 0.2) is 0 Å². The third-order valence-corrected chi connectivity index (χ3v) is 4.58. The highest BCUT2D eigenvalue weighted by Gasteiger charge is 2.14. The van der Waals surface area contributed by atoms with Crippen LogP contribution in [0.1, 0.15) is 33.6 Å². The predicted molar refractivity (Wildman–Crippen MR) is 116 cm³/mol. The summed E-state index contributed by atoms with van der Waals surface area (Å²) >= 11 is 3.31. The van der Waals surface area contributed by atoms with Gasteiger partial charge in [0, 0.05) is 18.8 Å². The van der Waals surface area contributed by atoms with Crippen LogP contribution in [-0.4, -0.2) is 38.2 Å². The van der Waals surface area contributed by atoms with Crippen molar-refractivity contribution >= 4 is 39.5 Å². The monoisotopic (exact) mass is 475 g/mol. The zero-order valence-corrected chi connectivity index (χ0v) is 18.1. The van der Waals surface area contributed by atoms with E-state index < -0.39 is 17.9 Å². The Morgan fingerprint density at radius 2 is 1.60 bits per heavy atom. The van der Waals surface area contributed by atoms with Crippen molar-refractivity contribution in [1.82, 2.24) is 0 Å². The first-order valence-corrected chi connectivity index (χ1v) is 9.99. The molecule has 0 fully saturated rings. The van der Waals surface area contributed by atoms with E-state index >= 15 is 0 Å². The van der Waals surface area contributed by atoms with Gasteiger partial charge in [-0.1, -0.05) is 6.58 Å². The Kier molecular flexibility index (Phi) is 9.08. The number of carbonyl (C=O) groups excluding carboxylic acids is 3. The number of carbonyl (C=O) groups is 3. The van der Waals surface area contributed by atoms with Gasteiger partial charge < -0.3 is 19.5 Å². The molecule has 8 heteroatoms. The number of anilines is 1. The van der Waals surface area contributed by atoms with Crippen molar-refractivity contribution < 1.29 is 28.6 Å². The van der Waals surface area contributed by atoms with Gasteiger partial charge in [-0.05, 0) is 71.2 Å². The smallest absolute Gasteiger partial charge is 0.343 e. The van der Waals surface area contributed by atoms with Gasteiger partial charge in [-0.15, -0.1) is 0 Å². The first kappa shape index (κ1) is 23.2. The van der Waals surface area contributed by atoms with Gasteiger partial charge in [-0.2, -0.15) is 0 Å². The fourth-order valence-corrected chi connectivity index (χ4v) is 2.79. The van der Waals surface area contributed by atoms with E-state index in [0.717, 1.165) is 11.8 Å². The minimum Gasteiger partial charge on any atom is -0.463 e. The van der Waals surface area contributed by atoms with E-state index in [4.69, 9.17) is 14.2 Å². The summed E-state index contributed by atoms with van der Waals surface area (Å²) in [5, 5.41) is 2.97. The molecule has 2 aromatic rings. The van der Waals surface area contributed by atoms with Crippen LogP contribution in [0.25, 0.3) is 0 Å². The number of hydrogen-bond donors (Lipinski definition) is 1. The minimum absolute atomic E-state index is 0.196. The van der Waals surface area contributed by atoms with Crippen LogP contribution in [-0.2, 0) is 14.3 Å². The number of unbranched alkanes of at least 4 members (excludes halogenated alkanes) is 1.